The van der Waals surface area contributed by atoms with Crippen LogP contribution in [0.3, 0.4) is 0 Å². The summed E-state index contributed by atoms with van der Waals surface area (Å²) in [5, 5.41) is 0. The zero-order chi connectivity index (χ0) is 11.3. The van der Waals surface area contributed by atoms with E-state index in [-0.39, 0.29) is 11.9 Å². The molecule has 2 nitrogen and oxygen atoms in total. The monoisotopic (exact) mass is 210 g/mol. The van der Waals surface area contributed by atoms with Gasteiger partial charge >= 0.3 is 0 Å². The summed E-state index contributed by atoms with van der Waals surface area (Å²) < 4.78 is 12.9. The van der Waals surface area contributed by atoms with Crippen LogP contribution in [0.4, 0.5) is 4.39 Å². The van der Waals surface area contributed by atoms with Crippen molar-refractivity contribution in [2.24, 2.45) is 5.73 Å². The van der Waals surface area contributed by atoms with Crippen molar-refractivity contribution < 1.29 is 4.39 Å². The SMILES string of the molecule is CN(C)CCC(N)Cc1cccc(F)c1. The molecule has 0 aliphatic heterocycles. The van der Waals surface area contributed by atoms with Crippen LogP contribution in [0.25, 0.3) is 0 Å². The highest BCUT2D eigenvalue weighted by Crippen LogP contribution is 2.07. The van der Waals surface area contributed by atoms with Gasteiger partial charge in [0.2, 0.25) is 0 Å². The first-order valence-electron chi connectivity index (χ1n) is 5.22. The van der Waals surface area contributed by atoms with Gasteiger partial charge < -0.3 is 10.6 Å². The molecule has 0 amide bonds. The van der Waals surface area contributed by atoms with Gasteiger partial charge in [-0.3, -0.25) is 0 Å². The van der Waals surface area contributed by atoms with Crippen molar-refractivity contribution in [2.75, 3.05) is 20.6 Å². The van der Waals surface area contributed by atoms with Gasteiger partial charge in [0.25, 0.3) is 0 Å². The molecule has 84 valence electrons. The summed E-state index contributed by atoms with van der Waals surface area (Å²) in [7, 11) is 4.05. The molecule has 1 aromatic rings. The van der Waals surface area contributed by atoms with E-state index in [4.69, 9.17) is 5.73 Å². The zero-order valence-corrected chi connectivity index (χ0v) is 9.41. The van der Waals surface area contributed by atoms with E-state index in [1.54, 1.807) is 12.1 Å². The minimum Gasteiger partial charge on any atom is -0.327 e. The fraction of sp³-hybridized carbons (Fsp3) is 0.500. The summed E-state index contributed by atoms with van der Waals surface area (Å²) in [6.45, 7) is 0.969. The van der Waals surface area contributed by atoms with Crippen LogP contribution < -0.4 is 5.73 Å². The van der Waals surface area contributed by atoms with E-state index >= 15 is 0 Å². The van der Waals surface area contributed by atoms with Crippen LogP contribution in [-0.4, -0.2) is 31.6 Å². The lowest BCUT2D eigenvalue weighted by Gasteiger charge is -2.15. The molecule has 0 saturated heterocycles. The third kappa shape index (κ3) is 4.91. The van der Waals surface area contributed by atoms with Crippen molar-refractivity contribution in [3.63, 3.8) is 0 Å². The molecule has 0 aromatic heterocycles. The van der Waals surface area contributed by atoms with Gasteiger partial charge in [0.1, 0.15) is 5.82 Å². The lowest BCUT2D eigenvalue weighted by molar-refractivity contribution is 0.379. The number of hydrogen-bond acceptors (Lipinski definition) is 2. The minimum atomic E-state index is -0.188. The number of rotatable bonds is 5. The minimum absolute atomic E-state index is 0.106. The Bertz CT molecular complexity index is 299. The molecule has 1 rings (SSSR count). The number of nitrogens with zero attached hydrogens (tertiary/aromatic N) is 1. The molecule has 0 aliphatic rings. The zero-order valence-electron chi connectivity index (χ0n) is 9.41. The number of benzene rings is 1. The van der Waals surface area contributed by atoms with Crippen molar-refractivity contribution in [3.05, 3.63) is 35.6 Å². The fourth-order valence-corrected chi connectivity index (χ4v) is 1.49. The van der Waals surface area contributed by atoms with Gasteiger partial charge in [0.05, 0.1) is 0 Å². The van der Waals surface area contributed by atoms with Crippen LogP contribution in [0.1, 0.15) is 12.0 Å². The van der Waals surface area contributed by atoms with E-state index in [1.807, 2.05) is 20.2 Å². The Morgan fingerprint density at radius 3 is 2.73 bits per heavy atom. The number of nitrogens with two attached hydrogens (primary N) is 1. The summed E-state index contributed by atoms with van der Waals surface area (Å²) in [6, 6.07) is 6.75. The Balaban J connectivity index is 2.40. The standard InChI is InChI=1S/C12H19FN2/c1-15(2)7-6-12(14)9-10-4-3-5-11(13)8-10/h3-5,8,12H,6-7,9,14H2,1-2H3. The van der Waals surface area contributed by atoms with Crippen LogP contribution >= 0.6 is 0 Å². The van der Waals surface area contributed by atoms with E-state index in [9.17, 15) is 4.39 Å². The predicted octanol–water partition coefficient (Wildman–Crippen LogP) is 1.65. The molecular weight excluding hydrogens is 191 g/mol. The molecular formula is C12H19FN2. The Labute approximate surface area is 90.9 Å². The summed E-state index contributed by atoms with van der Waals surface area (Å²) in [5.41, 5.74) is 6.93. The quantitative estimate of drug-likeness (QED) is 0.800. The Hall–Kier alpha value is -0.930. The third-order valence-electron chi connectivity index (χ3n) is 2.33. The van der Waals surface area contributed by atoms with Crippen molar-refractivity contribution >= 4 is 0 Å². The highest BCUT2D eigenvalue weighted by molar-refractivity contribution is 5.17. The van der Waals surface area contributed by atoms with Gasteiger partial charge in [-0.05, 0) is 51.2 Å². The van der Waals surface area contributed by atoms with Gasteiger partial charge in [-0.25, -0.2) is 4.39 Å². The molecule has 0 aliphatic carbocycles. The second-order valence-electron chi connectivity index (χ2n) is 4.19. The molecule has 2 N–H and O–H groups in total. The molecule has 0 spiro atoms. The van der Waals surface area contributed by atoms with Gasteiger partial charge in [-0.1, -0.05) is 12.1 Å². The van der Waals surface area contributed by atoms with E-state index in [0.717, 1.165) is 24.9 Å². The second kappa shape index (κ2) is 5.83. The first-order chi connectivity index (χ1) is 7.08. The van der Waals surface area contributed by atoms with Gasteiger partial charge in [-0.15, -0.1) is 0 Å². The van der Waals surface area contributed by atoms with Crippen LogP contribution in [-0.2, 0) is 6.42 Å². The Kier molecular flexibility index (Phi) is 4.72. The lowest BCUT2D eigenvalue weighted by Crippen LogP contribution is -2.28. The van der Waals surface area contributed by atoms with Crippen LogP contribution in [0.2, 0.25) is 0 Å². The predicted molar refractivity (Wildman–Crippen MR) is 61.3 cm³/mol. The summed E-state index contributed by atoms with van der Waals surface area (Å²) in [6.07, 6.45) is 1.68. The first kappa shape index (κ1) is 12.1. The van der Waals surface area contributed by atoms with Crippen molar-refractivity contribution in [3.8, 4) is 0 Å². The molecule has 0 bridgehead atoms. The van der Waals surface area contributed by atoms with Crippen molar-refractivity contribution in [1.29, 1.82) is 0 Å². The maximum atomic E-state index is 12.9. The molecule has 0 heterocycles. The maximum Gasteiger partial charge on any atom is 0.123 e. The first-order valence-corrected chi connectivity index (χ1v) is 5.22. The molecule has 3 heteroatoms. The maximum absolute atomic E-state index is 12.9. The van der Waals surface area contributed by atoms with Gasteiger partial charge in [0.15, 0.2) is 0 Å². The molecule has 1 atom stereocenters. The molecule has 1 aromatic carbocycles. The molecule has 0 radical (unpaired) electrons. The normalized spacial score (nSPS) is 13.1. The van der Waals surface area contributed by atoms with Crippen LogP contribution in [0.15, 0.2) is 24.3 Å². The summed E-state index contributed by atoms with van der Waals surface area (Å²) in [5.74, 6) is -0.188. The second-order valence-corrected chi connectivity index (χ2v) is 4.19. The highest BCUT2D eigenvalue weighted by atomic mass is 19.1. The largest absolute Gasteiger partial charge is 0.327 e. The Morgan fingerprint density at radius 2 is 2.13 bits per heavy atom. The van der Waals surface area contributed by atoms with Gasteiger partial charge in [0, 0.05) is 6.04 Å². The molecule has 15 heavy (non-hydrogen) atoms. The molecule has 0 fully saturated rings. The lowest BCUT2D eigenvalue weighted by atomic mass is 10.0. The summed E-state index contributed by atoms with van der Waals surface area (Å²) in [4.78, 5) is 2.10. The number of hydrogen-bond donors (Lipinski definition) is 1. The topological polar surface area (TPSA) is 29.3 Å². The van der Waals surface area contributed by atoms with E-state index in [2.05, 4.69) is 4.90 Å². The number of halogens is 1. The van der Waals surface area contributed by atoms with E-state index < -0.39 is 0 Å². The van der Waals surface area contributed by atoms with E-state index in [0.29, 0.717) is 0 Å². The van der Waals surface area contributed by atoms with E-state index in [1.165, 1.54) is 6.07 Å². The van der Waals surface area contributed by atoms with Crippen molar-refractivity contribution in [2.45, 2.75) is 18.9 Å². The Morgan fingerprint density at radius 1 is 1.40 bits per heavy atom. The average Bonchev–Trinajstić information content (AvgIpc) is 2.15. The molecule has 0 saturated carbocycles. The third-order valence-corrected chi connectivity index (χ3v) is 2.33. The van der Waals surface area contributed by atoms with Crippen LogP contribution in [0.5, 0.6) is 0 Å². The summed E-state index contributed by atoms with van der Waals surface area (Å²) >= 11 is 0. The molecule has 1 unspecified atom stereocenters. The fourth-order valence-electron chi connectivity index (χ4n) is 1.49. The van der Waals surface area contributed by atoms with Crippen molar-refractivity contribution in [1.82, 2.24) is 4.90 Å². The van der Waals surface area contributed by atoms with Crippen LogP contribution in [0, 0.1) is 5.82 Å². The average molecular weight is 210 g/mol. The highest BCUT2D eigenvalue weighted by Gasteiger charge is 2.05. The van der Waals surface area contributed by atoms with Gasteiger partial charge in [-0.2, -0.15) is 0 Å². The smallest absolute Gasteiger partial charge is 0.123 e.